The van der Waals surface area contributed by atoms with Gasteiger partial charge in [-0.3, -0.25) is 4.79 Å². The van der Waals surface area contributed by atoms with Gasteiger partial charge in [0.25, 0.3) is 0 Å². The topological polar surface area (TPSA) is 59.6 Å². The predicted molar refractivity (Wildman–Crippen MR) is 105 cm³/mol. The van der Waals surface area contributed by atoms with Crippen molar-refractivity contribution in [3.8, 4) is 5.75 Å². The molecule has 3 rings (SSSR count). The summed E-state index contributed by atoms with van der Waals surface area (Å²) in [6.45, 7) is 4.10. The molecule has 1 amide bonds. The number of morpholine rings is 1. The zero-order chi connectivity index (χ0) is 17.6. The third kappa shape index (κ3) is 5.61. The van der Waals surface area contributed by atoms with Gasteiger partial charge < -0.3 is 20.1 Å². The number of hydrogen-bond donors (Lipinski definition) is 2. The van der Waals surface area contributed by atoms with E-state index in [9.17, 15) is 4.79 Å². The number of carbonyl (C=O) groups excluding carboxylic acids is 1. The van der Waals surface area contributed by atoms with Crippen LogP contribution in [0.15, 0.2) is 42.5 Å². The second-order valence-electron chi connectivity index (χ2n) is 5.97. The van der Waals surface area contributed by atoms with Crippen molar-refractivity contribution < 1.29 is 14.3 Å². The molecular weight excluding hydrogens is 375 g/mol. The highest BCUT2D eigenvalue weighted by Crippen LogP contribution is 2.23. The van der Waals surface area contributed by atoms with Crippen LogP contribution in [0.3, 0.4) is 0 Å². The van der Waals surface area contributed by atoms with Crippen LogP contribution >= 0.6 is 24.0 Å². The van der Waals surface area contributed by atoms with Crippen molar-refractivity contribution >= 4 is 35.6 Å². The molecule has 1 unspecified atom stereocenters. The van der Waals surface area contributed by atoms with E-state index in [1.807, 2.05) is 49.4 Å². The third-order valence-electron chi connectivity index (χ3n) is 3.99. The summed E-state index contributed by atoms with van der Waals surface area (Å²) < 4.78 is 11.1. The number of hydrogen-bond acceptors (Lipinski definition) is 4. The van der Waals surface area contributed by atoms with Crippen molar-refractivity contribution in [3.05, 3.63) is 58.6 Å². The monoisotopic (exact) mass is 396 g/mol. The summed E-state index contributed by atoms with van der Waals surface area (Å²) in [5, 5.41) is 6.76. The van der Waals surface area contributed by atoms with E-state index in [0.717, 1.165) is 22.6 Å². The van der Waals surface area contributed by atoms with E-state index in [0.29, 0.717) is 31.4 Å². The number of ether oxygens (including phenoxy) is 2. The maximum atomic E-state index is 12.2. The molecule has 7 heteroatoms. The fourth-order valence-electron chi connectivity index (χ4n) is 2.61. The minimum Gasteiger partial charge on any atom is -0.489 e. The van der Waals surface area contributed by atoms with E-state index in [-0.39, 0.29) is 24.4 Å². The molecule has 5 nitrogen and oxygen atoms in total. The molecule has 1 aliphatic rings. The highest BCUT2D eigenvalue weighted by molar-refractivity contribution is 6.30. The van der Waals surface area contributed by atoms with Gasteiger partial charge in [0.15, 0.2) is 0 Å². The molecular formula is C19H22Cl2N2O3. The minimum absolute atomic E-state index is 0. The molecule has 140 valence electrons. The van der Waals surface area contributed by atoms with E-state index in [2.05, 4.69) is 10.6 Å². The number of amides is 1. The molecule has 26 heavy (non-hydrogen) atoms. The van der Waals surface area contributed by atoms with Crippen LogP contribution in [-0.2, 0) is 16.1 Å². The zero-order valence-corrected chi connectivity index (χ0v) is 16.0. The summed E-state index contributed by atoms with van der Waals surface area (Å²) in [5.41, 5.74) is 2.71. The van der Waals surface area contributed by atoms with E-state index in [1.165, 1.54) is 0 Å². The number of halogens is 2. The lowest BCUT2D eigenvalue weighted by Gasteiger charge is -2.23. The van der Waals surface area contributed by atoms with Crippen LogP contribution in [0.2, 0.25) is 5.02 Å². The molecule has 0 spiro atoms. The maximum Gasteiger partial charge on any atom is 0.243 e. The van der Waals surface area contributed by atoms with Gasteiger partial charge in [-0.15, -0.1) is 12.4 Å². The first-order valence-corrected chi connectivity index (χ1v) is 8.59. The summed E-state index contributed by atoms with van der Waals surface area (Å²) in [5.74, 6) is 0.657. The van der Waals surface area contributed by atoms with E-state index in [1.54, 1.807) is 0 Å². The molecule has 1 heterocycles. The molecule has 0 radical (unpaired) electrons. The maximum absolute atomic E-state index is 12.2. The fourth-order valence-corrected chi connectivity index (χ4v) is 2.83. The lowest BCUT2D eigenvalue weighted by atomic mass is 10.1. The first-order valence-electron chi connectivity index (χ1n) is 8.22. The third-order valence-corrected chi connectivity index (χ3v) is 4.22. The van der Waals surface area contributed by atoms with Crippen LogP contribution in [0.5, 0.6) is 5.75 Å². The molecule has 1 saturated heterocycles. The number of benzene rings is 2. The Hall–Kier alpha value is -1.79. The largest absolute Gasteiger partial charge is 0.489 e. The van der Waals surface area contributed by atoms with Gasteiger partial charge in [0.2, 0.25) is 5.91 Å². The Kier molecular flexibility index (Phi) is 7.72. The van der Waals surface area contributed by atoms with Gasteiger partial charge in [-0.1, -0.05) is 23.7 Å². The molecule has 1 atom stereocenters. The number of carbonyl (C=O) groups is 1. The summed E-state index contributed by atoms with van der Waals surface area (Å²) in [6.07, 6.45) is 0. The average molecular weight is 397 g/mol. The second-order valence-corrected chi connectivity index (χ2v) is 6.40. The SMILES string of the molecule is Cc1cc(OCc2cccc(Cl)c2)ccc1NC(=O)C1COCCN1.Cl. The van der Waals surface area contributed by atoms with E-state index >= 15 is 0 Å². The Morgan fingerprint density at radius 2 is 2.19 bits per heavy atom. The summed E-state index contributed by atoms with van der Waals surface area (Å²) >= 11 is 5.98. The van der Waals surface area contributed by atoms with Gasteiger partial charge in [0, 0.05) is 17.3 Å². The van der Waals surface area contributed by atoms with Crippen LogP contribution < -0.4 is 15.4 Å². The lowest BCUT2D eigenvalue weighted by molar-refractivity contribution is -0.120. The quantitative estimate of drug-likeness (QED) is 0.810. The highest BCUT2D eigenvalue weighted by atomic mass is 35.5. The van der Waals surface area contributed by atoms with Crippen molar-refractivity contribution in [2.24, 2.45) is 0 Å². The molecule has 0 aliphatic carbocycles. The zero-order valence-electron chi connectivity index (χ0n) is 14.5. The van der Waals surface area contributed by atoms with Crippen LogP contribution in [0.4, 0.5) is 5.69 Å². The van der Waals surface area contributed by atoms with Gasteiger partial charge in [-0.2, -0.15) is 0 Å². The molecule has 0 bridgehead atoms. The number of aryl methyl sites for hydroxylation is 1. The Labute approximate surface area is 164 Å². The van der Waals surface area contributed by atoms with Crippen LogP contribution in [0, 0.1) is 6.92 Å². The average Bonchev–Trinajstić information content (AvgIpc) is 2.63. The lowest BCUT2D eigenvalue weighted by Crippen LogP contribution is -2.48. The normalized spacial score (nSPS) is 16.5. The first-order chi connectivity index (χ1) is 12.1. The van der Waals surface area contributed by atoms with Gasteiger partial charge >= 0.3 is 0 Å². The van der Waals surface area contributed by atoms with Crippen molar-refractivity contribution in [2.45, 2.75) is 19.6 Å². The molecule has 1 fully saturated rings. The molecule has 2 aromatic rings. The standard InChI is InChI=1S/C19H21ClN2O3.ClH/c1-13-9-16(25-11-14-3-2-4-15(20)10-14)5-6-17(13)22-19(23)18-12-24-8-7-21-18;/h2-6,9-10,18,21H,7-8,11-12H2,1H3,(H,22,23);1H. The number of anilines is 1. The number of nitrogens with one attached hydrogen (secondary N) is 2. The van der Waals surface area contributed by atoms with E-state index < -0.39 is 0 Å². The number of rotatable bonds is 5. The smallest absolute Gasteiger partial charge is 0.243 e. The van der Waals surface area contributed by atoms with Gasteiger partial charge in [0.05, 0.1) is 13.2 Å². The van der Waals surface area contributed by atoms with Gasteiger partial charge in [0.1, 0.15) is 18.4 Å². The summed E-state index contributed by atoms with van der Waals surface area (Å²) in [6, 6.07) is 12.9. The second kappa shape index (κ2) is 9.78. The Balaban J connectivity index is 0.00000243. The van der Waals surface area contributed by atoms with Crippen molar-refractivity contribution in [1.29, 1.82) is 0 Å². The van der Waals surface area contributed by atoms with Crippen LogP contribution in [-0.4, -0.2) is 31.7 Å². The van der Waals surface area contributed by atoms with Crippen LogP contribution in [0.25, 0.3) is 0 Å². The Morgan fingerprint density at radius 3 is 2.88 bits per heavy atom. The molecule has 0 aromatic heterocycles. The molecule has 1 aliphatic heterocycles. The first kappa shape index (κ1) is 20.5. The van der Waals surface area contributed by atoms with Crippen molar-refractivity contribution in [3.63, 3.8) is 0 Å². The molecule has 2 aromatic carbocycles. The highest BCUT2D eigenvalue weighted by Gasteiger charge is 2.21. The summed E-state index contributed by atoms with van der Waals surface area (Å²) in [7, 11) is 0. The fraction of sp³-hybridized carbons (Fsp3) is 0.316. The Morgan fingerprint density at radius 1 is 1.35 bits per heavy atom. The van der Waals surface area contributed by atoms with Crippen molar-refractivity contribution in [2.75, 3.05) is 25.1 Å². The summed E-state index contributed by atoms with van der Waals surface area (Å²) in [4.78, 5) is 12.2. The predicted octanol–water partition coefficient (Wildman–Crippen LogP) is 3.58. The minimum atomic E-state index is -0.313. The van der Waals surface area contributed by atoms with Gasteiger partial charge in [-0.05, 0) is 48.4 Å². The van der Waals surface area contributed by atoms with Crippen molar-refractivity contribution in [1.82, 2.24) is 5.32 Å². The molecule has 0 saturated carbocycles. The molecule has 2 N–H and O–H groups in total. The Bertz CT molecular complexity index is 749. The van der Waals surface area contributed by atoms with Gasteiger partial charge in [-0.25, -0.2) is 0 Å². The van der Waals surface area contributed by atoms with E-state index in [4.69, 9.17) is 21.1 Å². The van der Waals surface area contributed by atoms with Crippen LogP contribution in [0.1, 0.15) is 11.1 Å².